The van der Waals surface area contributed by atoms with Crippen LogP contribution < -0.4 is 15.7 Å². The summed E-state index contributed by atoms with van der Waals surface area (Å²) in [6, 6.07) is 11.3. The lowest BCUT2D eigenvalue weighted by molar-refractivity contribution is -0.147. The number of benzene rings is 2. The lowest BCUT2D eigenvalue weighted by Gasteiger charge is -2.09. The zero-order valence-electron chi connectivity index (χ0n) is 18.4. The highest BCUT2D eigenvalue weighted by Crippen LogP contribution is 2.24. The molecule has 1 aromatic heterocycles. The molecule has 172 valence electrons. The van der Waals surface area contributed by atoms with Gasteiger partial charge in [-0.25, -0.2) is 9.59 Å². The van der Waals surface area contributed by atoms with Crippen LogP contribution in [-0.2, 0) is 25.5 Å². The second kappa shape index (κ2) is 10.4. The van der Waals surface area contributed by atoms with Crippen molar-refractivity contribution in [3.05, 3.63) is 69.6 Å². The molecule has 9 nitrogen and oxygen atoms in total. The van der Waals surface area contributed by atoms with E-state index in [0.29, 0.717) is 28.1 Å². The summed E-state index contributed by atoms with van der Waals surface area (Å²) in [6.45, 7) is 1.27. The minimum absolute atomic E-state index is 0.0988. The van der Waals surface area contributed by atoms with E-state index in [2.05, 4.69) is 10.1 Å². The molecule has 0 aliphatic rings. The lowest BCUT2D eigenvalue weighted by Crippen LogP contribution is -2.21. The maximum absolute atomic E-state index is 12.4. The van der Waals surface area contributed by atoms with Crippen molar-refractivity contribution < 1.29 is 33.0 Å². The molecule has 0 aliphatic heterocycles. The molecule has 0 atom stereocenters. The van der Waals surface area contributed by atoms with Crippen molar-refractivity contribution >= 4 is 34.5 Å². The quantitative estimate of drug-likeness (QED) is 0.408. The first-order valence-electron chi connectivity index (χ1n) is 10.1. The van der Waals surface area contributed by atoms with Crippen LogP contribution in [-0.4, -0.2) is 38.7 Å². The van der Waals surface area contributed by atoms with Crippen molar-refractivity contribution in [1.29, 1.82) is 0 Å². The van der Waals surface area contributed by atoms with E-state index >= 15 is 0 Å². The van der Waals surface area contributed by atoms with Gasteiger partial charge in [-0.3, -0.25) is 9.59 Å². The summed E-state index contributed by atoms with van der Waals surface area (Å²) in [4.78, 5) is 48.1. The van der Waals surface area contributed by atoms with Crippen LogP contribution in [0.4, 0.5) is 5.69 Å². The average molecular weight is 453 g/mol. The van der Waals surface area contributed by atoms with E-state index in [4.69, 9.17) is 13.9 Å². The Balaban J connectivity index is 1.56. The first-order chi connectivity index (χ1) is 15.8. The molecule has 0 bridgehead atoms. The fraction of sp³-hybridized carbons (Fsp3) is 0.250. The second-order valence-corrected chi connectivity index (χ2v) is 7.14. The molecule has 2 aromatic carbocycles. The summed E-state index contributed by atoms with van der Waals surface area (Å²) >= 11 is 0. The fourth-order valence-corrected chi connectivity index (χ4v) is 3.27. The van der Waals surface area contributed by atoms with Crippen molar-refractivity contribution in [3.8, 4) is 5.75 Å². The van der Waals surface area contributed by atoms with Gasteiger partial charge in [0.2, 0.25) is 0 Å². The molecule has 0 fully saturated rings. The standard InChI is InChI=1S/C24H23NO8/c1-14-18-8-7-17(30-2)12-20(18)33-24(29)19(14)9-10-22(27)32-13-21(26)25-16-6-4-5-15(11-16)23(28)31-3/h4-8,11-12H,9-10,13H2,1-3H3,(H,25,26). The number of methoxy groups -OCH3 is 2. The molecule has 1 N–H and O–H groups in total. The molecule has 0 aliphatic carbocycles. The molecule has 0 radical (unpaired) electrons. The van der Waals surface area contributed by atoms with E-state index in [0.717, 1.165) is 5.39 Å². The number of fused-ring (bicyclic) bond motifs is 1. The molecule has 9 heteroatoms. The monoisotopic (exact) mass is 453 g/mol. The summed E-state index contributed by atoms with van der Waals surface area (Å²) in [5, 5.41) is 3.28. The number of nitrogens with one attached hydrogen (secondary N) is 1. The summed E-state index contributed by atoms with van der Waals surface area (Å²) in [5.41, 5.74) is 1.57. The Bertz CT molecular complexity index is 1260. The summed E-state index contributed by atoms with van der Waals surface area (Å²) < 4.78 is 20.1. The van der Waals surface area contributed by atoms with Crippen LogP contribution in [0.5, 0.6) is 5.75 Å². The smallest absolute Gasteiger partial charge is 0.339 e. The zero-order chi connectivity index (χ0) is 24.0. The summed E-state index contributed by atoms with van der Waals surface area (Å²) in [7, 11) is 2.78. The van der Waals surface area contributed by atoms with Gasteiger partial charge < -0.3 is 23.9 Å². The van der Waals surface area contributed by atoms with E-state index in [1.165, 1.54) is 20.3 Å². The number of esters is 2. The van der Waals surface area contributed by atoms with Crippen molar-refractivity contribution in [2.75, 3.05) is 26.1 Å². The molecule has 0 saturated carbocycles. The highest BCUT2D eigenvalue weighted by Gasteiger charge is 2.15. The highest BCUT2D eigenvalue weighted by atomic mass is 16.5. The Morgan fingerprint density at radius 2 is 1.85 bits per heavy atom. The molecule has 0 saturated heterocycles. The van der Waals surface area contributed by atoms with Gasteiger partial charge in [-0.05, 0) is 49.2 Å². The first kappa shape index (κ1) is 23.5. The molecule has 1 heterocycles. The molecular formula is C24H23NO8. The van der Waals surface area contributed by atoms with E-state index in [1.54, 1.807) is 43.3 Å². The number of anilines is 1. The van der Waals surface area contributed by atoms with Crippen molar-refractivity contribution in [1.82, 2.24) is 0 Å². The molecule has 33 heavy (non-hydrogen) atoms. The average Bonchev–Trinajstić information content (AvgIpc) is 2.81. The van der Waals surface area contributed by atoms with Gasteiger partial charge in [0.15, 0.2) is 6.61 Å². The van der Waals surface area contributed by atoms with Crippen molar-refractivity contribution in [2.45, 2.75) is 19.8 Å². The van der Waals surface area contributed by atoms with E-state index in [9.17, 15) is 19.2 Å². The van der Waals surface area contributed by atoms with Crippen LogP contribution >= 0.6 is 0 Å². The van der Waals surface area contributed by atoms with Crippen LogP contribution in [0.25, 0.3) is 11.0 Å². The summed E-state index contributed by atoms with van der Waals surface area (Å²) in [6.07, 6.45) is 0.0100. The van der Waals surface area contributed by atoms with Gasteiger partial charge in [0, 0.05) is 29.1 Å². The van der Waals surface area contributed by atoms with E-state index < -0.39 is 30.1 Å². The van der Waals surface area contributed by atoms with Crippen LogP contribution in [0.3, 0.4) is 0 Å². The number of aryl methyl sites for hydroxylation is 1. The normalized spacial score (nSPS) is 10.5. The largest absolute Gasteiger partial charge is 0.497 e. The lowest BCUT2D eigenvalue weighted by atomic mass is 10.0. The van der Waals surface area contributed by atoms with Gasteiger partial charge in [0.25, 0.3) is 5.91 Å². The van der Waals surface area contributed by atoms with Crippen LogP contribution in [0.2, 0.25) is 0 Å². The number of carbonyl (C=O) groups is 3. The molecule has 3 rings (SSSR count). The predicted octanol–water partition coefficient (Wildman–Crippen LogP) is 3.01. The Morgan fingerprint density at radius 3 is 2.58 bits per heavy atom. The van der Waals surface area contributed by atoms with E-state index in [1.807, 2.05) is 0 Å². The topological polar surface area (TPSA) is 121 Å². The molecule has 1 amide bonds. The van der Waals surface area contributed by atoms with E-state index in [-0.39, 0.29) is 18.4 Å². The third-order valence-corrected chi connectivity index (χ3v) is 5.01. The van der Waals surface area contributed by atoms with Crippen molar-refractivity contribution in [3.63, 3.8) is 0 Å². The number of carbonyl (C=O) groups excluding carboxylic acids is 3. The molecule has 0 spiro atoms. The minimum Gasteiger partial charge on any atom is -0.497 e. The Labute approximate surface area is 189 Å². The number of hydrogen-bond donors (Lipinski definition) is 1. The highest BCUT2D eigenvalue weighted by molar-refractivity contribution is 5.95. The first-order valence-corrected chi connectivity index (χ1v) is 10.1. The number of rotatable bonds is 8. The Hall–Kier alpha value is -4.14. The third kappa shape index (κ3) is 5.76. The summed E-state index contributed by atoms with van der Waals surface area (Å²) in [5.74, 6) is -1.18. The van der Waals surface area contributed by atoms with Gasteiger partial charge >= 0.3 is 17.6 Å². The molecular weight excluding hydrogens is 430 g/mol. The van der Waals surface area contributed by atoms with Gasteiger partial charge in [0.05, 0.1) is 19.8 Å². The van der Waals surface area contributed by atoms with Gasteiger partial charge in [0.1, 0.15) is 11.3 Å². The fourth-order valence-electron chi connectivity index (χ4n) is 3.27. The predicted molar refractivity (Wildman–Crippen MR) is 119 cm³/mol. The van der Waals surface area contributed by atoms with Gasteiger partial charge in [-0.15, -0.1) is 0 Å². The van der Waals surface area contributed by atoms with Crippen LogP contribution in [0.15, 0.2) is 51.7 Å². The Kier molecular flexibility index (Phi) is 7.45. The maximum Gasteiger partial charge on any atom is 0.339 e. The molecule has 0 unspecified atom stereocenters. The van der Waals surface area contributed by atoms with Crippen LogP contribution in [0, 0.1) is 6.92 Å². The van der Waals surface area contributed by atoms with Crippen LogP contribution in [0.1, 0.15) is 27.9 Å². The van der Waals surface area contributed by atoms with Gasteiger partial charge in [-0.2, -0.15) is 0 Å². The number of amides is 1. The SMILES string of the molecule is COC(=O)c1cccc(NC(=O)COC(=O)CCc2c(C)c3ccc(OC)cc3oc2=O)c1. The number of hydrogen-bond acceptors (Lipinski definition) is 8. The third-order valence-electron chi connectivity index (χ3n) is 5.01. The van der Waals surface area contributed by atoms with Gasteiger partial charge in [-0.1, -0.05) is 6.07 Å². The van der Waals surface area contributed by atoms with Crippen molar-refractivity contribution in [2.24, 2.45) is 0 Å². The minimum atomic E-state index is -0.637. The second-order valence-electron chi connectivity index (χ2n) is 7.14. The molecule has 3 aromatic rings. The maximum atomic E-state index is 12.4. The zero-order valence-corrected chi connectivity index (χ0v) is 18.4. The number of ether oxygens (including phenoxy) is 3. The Morgan fingerprint density at radius 1 is 1.06 bits per heavy atom.